The zero-order valence-corrected chi connectivity index (χ0v) is 15.3. The first kappa shape index (κ1) is 17.3. The predicted octanol–water partition coefficient (Wildman–Crippen LogP) is 4.16. The summed E-state index contributed by atoms with van der Waals surface area (Å²) in [6, 6.07) is 1.45. The van der Waals surface area contributed by atoms with Crippen LogP contribution in [0.1, 0.15) is 67.2 Å². The second-order valence-corrected chi connectivity index (χ2v) is 8.69. The van der Waals surface area contributed by atoms with Crippen molar-refractivity contribution in [1.82, 2.24) is 10.2 Å². The van der Waals surface area contributed by atoms with Gasteiger partial charge < -0.3 is 5.32 Å². The van der Waals surface area contributed by atoms with Gasteiger partial charge >= 0.3 is 0 Å². The van der Waals surface area contributed by atoms with Crippen LogP contribution in [-0.4, -0.2) is 36.6 Å². The Balaban J connectivity index is 2.05. The molecule has 1 N–H and O–H groups in total. The highest BCUT2D eigenvalue weighted by Crippen LogP contribution is 2.40. The lowest BCUT2D eigenvalue weighted by Gasteiger charge is -2.49. The maximum absolute atomic E-state index is 3.82. The van der Waals surface area contributed by atoms with Crippen LogP contribution in [0.3, 0.4) is 0 Å². The fourth-order valence-corrected chi connectivity index (χ4v) is 5.01. The van der Waals surface area contributed by atoms with Crippen LogP contribution < -0.4 is 5.32 Å². The third-order valence-electron chi connectivity index (χ3n) is 6.32. The van der Waals surface area contributed by atoms with Crippen molar-refractivity contribution in [2.45, 2.75) is 79.3 Å². The largest absolute Gasteiger partial charge is 0.313 e. The summed E-state index contributed by atoms with van der Waals surface area (Å²) in [5.74, 6) is 2.54. The third-order valence-corrected chi connectivity index (χ3v) is 6.32. The molecule has 0 spiro atoms. The summed E-state index contributed by atoms with van der Waals surface area (Å²) in [5, 5.41) is 3.82. The monoisotopic (exact) mass is 294 g/mol. The zero-order valence-electron chi connectivity index (χ0n) is 15.3. The Hall–Kier alpha value is -0.0800. The molecule has 5 unspecified atom stereocenters. The molecule has 0 aromatic rings. The quantitative estimate of drug-likeness (QED) is 0.837. The van der Waals surface area contributed by atoms with E-state index >= 15 is 0 Å². The molecule has 2 fully saturated rings. The summed E-state index contributed by atoms with van der Waals surface area (Å²) in [5.41, 5.74) is 0.454. The minimum Gasteiger partial charge on any atom is -0.313 e. The second kappa shape index (κ2) is 7.00. The molecule has 0 aromatic heterocycles. The highest BCUT2D eigenvalue weighted by atomic mass is 15.2. The summed E-state index contributed by atoms with van der Waals surface area (Å²) in [7, 11) is 0. The van der Waals surface area contributed by atoms with Crippen molar-refractivity contribution in [2.24, 2.45) is 23.2 Å². The summed E-state index contributed by atoms with van der Waals surface area (Å²) in [6.07, 6.45) is 5.61. The van der Waals surface area contributed by atoms with Gasteiger partial charge in [0, 0.05) is 25.2 Å². The molecule has 124 valence electrons. The average Bonchev–Trinajstić information content (AvgIpc) is 2.39. The van der Waals surface area contributed by atoms with Crippen molar-refractivity contribution in [1.29, 1.82) is 0 Å². The van der Waals surface area contributed by atoms with Gasteiger partial charge in [0.2, 0.25) is 0 Å². The fourth-order valence-electron chi connectivity index (χ4n) is 5.01. The Kier molecular flexibility index (Phi) is 5.76. The van der Waals surface area contributed by atoms with Gasteiger partial charge in [-0.05, 0) is 55.9 Å². The number of hydrogen-bond donors (Lipinski definition) is 1. The van der Waals surface area contributed by atoms with Crippen molar-refractivity contribution in [3.8, 4) is 0 Å². The minimum atomic E-state index is 0.454. The van der Waals surface area contributed by atoms with E-state index in [9.17, 15) is 0 Å². The normalized spacial score (nSPS) is 41.1. The highest BCUT2D eigenvalue weighted by Gasteiger charge is 2.40. The molecule has 0 amide bonds. The molecule has 2 heteroatoms. The molecule has 1 saturated heterocycles. The number of piperidine rings is 1. The van der Waals surface area contributed by atoms with Crippen LogP contribution in [0.2, 0.25) is 0 Å². The molecule has 21 heavy (non-hydrogen) atoms. The molecule has 0 radical (unpaired) electrons. The first-order valence-electron chi connectivity index (χ1n) is 9.32. The molecule has 2 rings (SSSR count). The zero-order chi connectivity index (χ0) is 15.6. The summed E-state index contributed by atoms with van der Waals surface area (Å²) in [6.45, 7) is 18.2. The lowest BCUT2D eigenvalue weighted by molar-refractivity contribution is 0.0263. The van der Waals surface area contributed by atoms with Gasteiger partial charge in [0.05, 0.1) is 0 Å². The molecule has 0 aromatic carbocycles. The van der Waals surface area contributed by atoms with Gasteiger partial charge in [0.25, 0.3) is 0 Å². The maximum Gasteiger partial charge on any atom is 0.0159 e. The van der Waals surface area contributed by atoms with E-state index in [4.69, 9.17) is 0 Å². The van der Waals surface area contributed by atoms with Crippen LogP contribution in [0, 0.1) is 23.2 Å². The van der Waals surface area contributed by atoms with E-state index in [1.54, 1.807) is 0 Å². The average molecular weight is 295 g/mol. The molecule has 1 aliphatic heterocycles. The minimum absolute atomic E-state index is 0.454. The Bertz CT molecular complexity index is 326. The SMILES string of the molecule is CCNC1C(CN2CC(C)CC(C)C2C)CCCC1(C)C. The number of rotatable bonds is 4. The molecule has 1 heterocycles. The van der Waals surface area contributed by atoms with Crippen molar-refractivity contribution >= 4 is 0 Å². The lowest BCUT2D eigenvalue weighted by atomic mass is 9.67. The lowest BCUT2D eigenvalue weighted by Crippen LogP contribution is -2.55. The van der Waals surface area contributed by atoms with Crippen LogP contribution >= 0.6 is 0 Å². The van der Waals surface area contributed by atoms with Crippen molar-refractivity contribution in [3.63, 3.8) is 0 Å². The van der Waals surface area contributed by atoms with E-state index in [0.29, 0.717) is 11.5 Å². The van der Waals surface area contributed by atoms with Gasteiger partial charge in [-0.3, -0.25) is 4.90 Å². The molecule has 1 aliphatic carbocycles. The van der Waals surface area contributed by atoms with E-state index in [-0.39, 0.29) is 0 Å². The molecule has 0 bridgehead atoms. The molecular weight excluding hydrogens is 256 g/mol. The van der Waals surface area contributed by atoms with Crippen LogP contribution in [-0.2, 0) is 0 Å². The van der Waals surface area contributed by atoms with Gasteiger partial charge in [0.1, 0.15) is 0 Å². The number of nitrogens with zero attached hydrogens (tertiary/aromatic N) is 1. The molecular formula is C19H38N2. The van der Waals surface area contributed by atoms with Crippen molar-refractivity contribution in [2.75, 3.05) is 19.6 Å². The van der Waals surface area contributed by atoms with Gasteiger partial charge in [-0.25, -0.2) is 0 Å². The van der Waals surface area contributed by atoms with Gasteiger partial charge in [-0.2, -0.15) is 0 Å². The topological polar surface area (TPSA) is 15.3 Å². The molecule has 2 aliphatic rings. The Morgan fingerprint density at radius 3 is 2.57 bits per heavy atom. The second-order valence-electron chi connectivity index (χ2n) is 8.69. The van der Waals surface area contributed by atoms with E-state index < -0.39 is 0 Å². The van der Waals surface area contributed by atoms with Crippen LogP contribution in [0.5, 0.6) is 0 Å². The smallest absolute Gasteiger partial charge is 0.0159 e. The highest BCUT2D eigenvalue weighted by molar-refractivity contribution is 4.95. The predicted molar refractivity (Wildman–Crippen MR) is 92.6 cm³/mol. The van der Waals surface area contributed by atoms with Gasteiger partial charge in [-0.1, -0.05) is 41.0 Å². The van der Waals surface area contributed by atoms with Gasteiger partial charge in [-0.15, -0.1) is 0 Å². The molecule has 5 atom stereocenters. The maximum atomic E-state index is 3.82. The number of hydrogen-bond acceptors (Lipinski definition) is 2. The van der Waals surface area contributed by atoms with Crippen molar-refractivity contribution < 1.29 is 0 Å². The standard InChI is InChI=1S/C19H38N2/c1-7-20-18-17(9-8-10-19(18,5)6)13-21-12-14(2)11-15(3)16(21)4/h14-18,20H,7-13H2,1-6H3. The van der Waals surface area contributed by atoms with E-state index in [1.807, 2.05) is 0 Å². The van der Waals surface area contributed by atoms with Crippen LogP contribution in [0.4, 0.5) is 0 Å². The van der Waals surface area contributed by atoms with Crippen molar-refractivity contribution in [3.05, 3.63) is 0 Å². The summed E-state index contributed by atoms with van der Waals surface area (Å²) < 4.78 is 0. The Morgan fingerprint density at radius 2 is 1.90 bits per heavy atom. The Labute approximate surface area is 133 Å². The van der Waals surface area contributed by atoms with Gasteiger partial charge in [0.15, 0.2) is 0 Å². The first-order valence-corrected chi connectivity index (χ1v) is 9.32. The first-order chi connectivity index (χ1) is 9.85. The Morgan fingerprint density at radius 1 is 1.19 bits per heavy atom. The van der Waals surface area contributed by atoms with E-state index in [1.165, 1.54) is 38.8 Å². The summed E-state index contributed by atoms with van der Waals surface area (Å²) >= 11 is 0. The van der Waals surface area contributed by atoms with Crippen LogP contribution in [0.25, 0.3) is 0 Å². The third kappa shape index (κ3) is 4.01. The summed E-state index contributed by atoms with van der Waals surface area (Å²) in [4.78, 5) is 2.80. The van der Waals surface area contributed by atoms with Crippen LogP contribution in [0.15, 0.2) is 0 Å². The van der Waals surface area contributed by atoms with E-state index in [0.717, 1.165) is 30.3 Å². The molecule has 2 nitrogen and oxygen atoms in total. The fraction of sp³-hybridized carbons (Fsp3) is 1.00. The molecule has 1 saturated carbocycles. The number of nitrogens with one attached hydrogen (secondary N) is 1. The van der Waals surface area contributed by atoms with E-state index in [2.05, 4.69) is 51.8 Å². The number of likely N-dealkylation sites (tertiary alicyclic amines) is 1.